The van der Waals surface area contributed by atoms with Gasteiger partial charge in [0, 0.05) is 43.6 Å². The largest absolute Gasteiger partial charge is 0.496 e. The molecule has 1 unspecified atom stereocenters. The molecule has 2 N–H and O–H groups in total. The Kier molecular flexibility index (Phi) is 7.15. The number of aromatic nitrogens is 5. The van der Waals surface area contributed by atoms with E-state index in [2.05, 4.69) is 25.3 Å². The standard InChI is InChI=1S/C26H28FN7O2/c1-36-22-7-2-6-20(27)25(22)26-29-11-10-21(31-26)18-15-30-34(16-18)24-9-3-8-23(32-24)33-13-4-5-19(17-33)28-12-14-35/h2-3,6-11,15-16,19,28,35H,4-5,12-14,17H2,1H3. The predicted octanol–water partition coefficient (Wildman–Crippen LogP) is 3.09. The topological polar surface area (TPSA) is 101 Å². The average molecular weight is 490 g/mol. The van der Waals surface area contributed by atoms with Gasteiger partial charge in [-0.3, -0.25) is 0 Å². The van der Waals surface area contributed by atoms with Crippen molar-refractivity contribution in [3.8, 4) is 34.2 Å². The van der Waals surface area contributed by atoms with E-state index in [9.17, 15) is 4.39 Å². The zero-order valence-electron chi connectivity index (χ0n) is 20.0. The van der Waals surface area contributed by atoms with Crippen molar-refractivity contribution in [2.24, 2.45) is 0 Å². The minimum atomic E-state index is -0.449. The third kappa shape index (κ3) is 5.05. The Morgan fingerprint density at radius 3 is 2.86 bits per heavy atom. The Bertz CT molecular complexity index is 1330. The number of hydrogen-bond acceptors (Lipinski definition) is 8. The number of hydrogen-bond donors (Lipinski definition) is 2. The molecule has 186 valence electrons. The molecule has 1 fully saturated rings. The molecule has 36 heavy (non-hydrogen) atoms. The van der Waals surface area contributed by atoms with E-state index in [4.69, 9.17) is 14.8 Å². The van der Waals surface area contributed by atoms with Crippen LogP contribution in [0, 0.1) is 5.82 Å². The van der Waals surface area contributed by atoms with Crippen LogP contribution in [0.15, 0.2) is 61.1 Å². The molecule has 5 rings (SSSR count). The number of anilines is 1. The predicted molar refractivity (Wildman–Crippen MR) is 135 cm³/mol. The van der Waals surface area contributed by atoms with Gasteiger partial charge in [0.15, 0.2) is 11.6 Å². The molecule has 0 saturated carbocycles. The molecule has 1 aromatic carbocycles. The molecule has 4 aromatic rings. The van der Waals surface area contributed by atoms with Gasteiger partial charge in [0.1, 0.15) is 17.4 Å². The summed E-state index contributed by atoms with van der Waals surface area (Å²) in [7, 11) is 1.49. The summed E-state index contributed by atoms with van der Waals surface area (Å²) in [5.41, 5.74) is 1.59. The maximum atomic E-state index is 14.6. The van der Waals surface area contributed by atoms with Gasteiger partial charge in [0.2, 0.25) is 0 Å². The molecule has 3 aromatic heterocycles. The first-order valence-corrected chi connectivity index (χ1v) is 11.9. The Morgan fingerprint density at radius 1 is 1.14 bits per heavy atom. The van der Waals surface area contributed by atoms with Crippen molar-refractivity contribution in [3.05, 3.63) is 66.9 Å². The Morgan fingerprint density at radius 2 is 2.00 bits per heavy atom. The Balaban J connectivity index is 1.39. The molecule has 1 aliphatic heterocycles. The molecule has 10 heteroatoms. The molecule has 0 radical (unpaired) electrons. The quantitative estimate of drug-likeness (QED) is 0.390. The van der Waals surface area contributed by atoms with E-state index in [-0.39, 0.29) is 18.0 Å². The summed E-state index contributed by atoms with van der Waals surface area (Å²) in [6.45, 7) is 2.50. The molecule has 1 aliphatic rings. The summed E-state index contributed by atoms with van der Waals surface area (Å²) in [6.07, 6.45) is 7.28. The van der Waals surface area contributed by atoms with Crippen LogP contribution in [0.2, 0.25) is 0 Å². The molecule has 0 spiro atoms. The number of benzene rings is 1. The Hall–Kier alpha value is -3.89. The lowest BCUT2D eigenvalue weighted by Gasteiger charge is -2.34. The van der Waals surface area contributed by atoms with Gasteiger partial charge < -0.3 is 20.1 Å². The summed E-state index contributed by atoms with van der Waals surface area (Å²) >= 11 is 0. The Labute approximate surface area is 208 Å². The smallest absolute Gasteiger partial charge is 0.166 e. The van der Waals surface area contributed by atoms with E-state index in [0.717, 1.165) is 37.3 Å². The second-order valence-electron chi connectivity index (χ2n) is 8.57. The highest BCUT2D eigenvalue weighted by atomic mass is 19.1. The molecule has 0 bridgehead atoms. The van der Waals surface area contributed by atoms with E-state index in [0.29, 0.717) is 29.8 Å². The fourth-order valence-corrected chi connectivity index (χ4v) is 4.45. The summed E-state index contributed by atoms with van der Waals surface area (Å²) in [4.78, 5) is 15.9. The van der Waals surface area contributed by atoms with E-state index in [1.807, 2.05) is 24.4 Å². The SMILES string of the molecule is COc1cccc(F)c1-c1nccc(-c2cnn(-c3cccc(N4CCCC(NCCO)C4)n3)c2)n1. The molecule has 0 aliphatic carbocycles. The van der Waals surface area contributed by atoms with Gasteiger partial charge in [-0.05, 0) is 43.2 Å². The van der Waals surface area contributed by atoms with E-state index >= 15 is 0 Å². The molecule has 1 saturated heterocycles. The number of aliphatic hydroxyl groups excluding tert-OH is 1. The number of ether oxygens (including phenoxy) is 1. The van der Waals surface area contributed by atoms with Crippen LogP contribution in [-0.2, 0) is 0 Å². The van der Waals surface area contributed by atoms with Crippen molar-refractivity contribution in [1.82, 2.24) is 30.0 Å². The number of rotatable bonds is 8. The van der Waals surface area contributed by atoms with Gasteiger partial charge in [-0.1, -0.05) is 12.1 Å². The number of halogens is 1. The number of methoxy groups -OCH3 is 1. The number of pyridine rings is 1. The van der Waals surface area contributed by atoms with Gasteiger partial charge in [-0.2, -0.15) is 5.10 Å². The van der Waals surface area contributed by atoms with Crippen LogP contribution in [0.4, 0.5) is 10.2 Å². The summed E-state index contributed by atoms with van der Waals surface area (Å²) < 4.78 is 21.6. The minimum absolute atomic E-state index is 0.132. The number of piperidine rings is 1. The van der Waals surface area contributed by atoms with Gasteiger partial charge in [-0.25, -0.2) is 24.0 Å². The van der Waals surface area contributed by atoms with Crippen LogP contribution in [-0.4, -0.2) is 69.2 Å². The fraction of sp³-hybridized carbons (Fsp3) is 0.308. The van der Waals surface area contributed by atoms with Crippen molar-refractivity contribution in [2.75, 3.05) is 38.3 Å². The van der Waals surface area contributed by atoms with Crippen molar-refractivity contribution < 1.29 is 14.2 Å². The van der Waals surface area contributed by atoms with Crippen molar-refractivity contribution in [1.29, 1.82) is 0 Å². The average Bonchev–Trinajstić information content (AvgIpc) is 3.43. The second-order valence-corrected chi connectivity index (χ2v) is 8.57. The summed E-state index contributed by atoms with van der Waals surface area (Å²) in [6, 6.07) is 12.6. The van der Waals surface area contributed by atoms with Crippen LogP contribution in [0.1, 0.15) is 12.8 Å². The van der Waals surface area contributed by atoms with Gasteiger partial charge in [-0.15, -0.1) is 0 Å². The first-order valence-electron chi connectivity index (χ1n) is 11.9. The van der Waals surface area contributed by atoms with Gasteiger partial charge >= 0.3 is 0 Å². The zero-order valence-corrected chi connectivity index (χ0v) is 20.0. The summed E-state index contributed by atoms with van der Waals surface area (Å²) in [5.74, 6) is 1.74. The monoisotopic (exact) mass is 489 g/mol. The molecule has 4 heterocycles. The first-order chi connectivity index (χ1) is 17.7. The second kappa shape index (κ2) is 10.8. The first kappa shape index (κ1) is 23.8. The lowest BCUT2D eigenvalue weighted by atomic mass is 10.1. The molecule has 0 amide bonds. The third-order valence-electron chi connectivity index (χ3n) is 6.20. The van der Waals surface area contributed by atoms with Crippen LogP contribution >= 0.6 is 0 Å². The number of aliphatic hydroxyl groups is 1. The lowest BCUT2D eigenvalue weighted by molar-refractivity contribution is 0.278. The maximum absolute atomic E-state index is 14.6. The zero-order chi connectivity index (χ0) is 24.9. The van der Waals surface area contributed by atoms with E-state index in [1.54, 1.807) is 35.3 Å². The normalized spacial score (nSPS) is 15.8. The highest BCUT2D eigenvalue weighted by Gasteiger charge is 2.21. The molecule has 9 nitrogen and oxygen atoms in total. The van der Waals surface area contributed by atoms with Crippen molar-refractivity contribution in [3.63, 3.8) is 0 Å². The van der Waals surface area contributed by atoms with E-state index < -0.39 is 5.82 Å². The fourth-order valence-electron chi connectivity index (χ4n) is 4.45. The minimum Gasteiger partial charge on any atom is -0.496 e. The summed E-state index contributed by atoms with van der Waals surface area (Å²) in [5, 5.41) is 17.0. The highest BCUT2D eigenvalue weighted by Crippen LogP contribution is 2.31. The van der Waals surface area contributed by atoms with Crippen molar-refractivity contribution >= 4 is 5.82 Å². The van der Waals surface area contributed by atoms with E-state index in [1.165, 1.54) is 13.2 Å². The molecular weight excluding hydrogens is 461 g/mol. The molecule has 1 atom stereocenters. The maximum Gasteiger partial charge on any atom is 0.166 e. The van der Waals surface area contributed by atoms with Gasteiger partial charge in [0.25, 0.3) is 0 Å². The number of nitrogens with one attached hydrogen (secondary N) is 1. The molecular formula is C26H28FN7O2. The van der Waals surface area contributed by atoms with Crippen LogP contribution in [0.5, 0.6) is 5.75 Å². The van der Waals surface area contributed by atoms with Crippen molar-refractivity contribution in [2.45, 2.75) is 18.9 Å². The highest BCUT2D eigenvalue weighted by molar-refractivity contribution is 5.68. The lowest BCUT2D eigenvalue weighted by Crippen LogP contribution is -2.46. The van der Waals surface area contributed by atoms with Crippen LogP contribution in [0.25, 0.3) is 28.5 Å². The van der Waals surface area contributed by atoms with Crippen LogP contribution < -0.4 is 15.0 Å². The van der Waals surface area contributed by atoms with Gasteiger partial charge in [0.05, 0.1) is 31.2 Å². The number of nitrogens with zero attached hydrogens (tertiary/aromatic N) is 6. The van der Waals surface area contributed by atoms with Crippen LogP contribution in [0.3, 0.4) is 0 Å². The third-order valence-corrected chi connectivity index (χ3v) is 6.20.